The summed E-state index contributed by atoms with van der Waals surface area (Å²) in [4.78, 5) is 22.2. The summed E-state index contributed by atoms with van der Waals surface area (Å²) in [5, 5.41) is 2.96. The zero-order valence-electron chi connectivity index (χ0n) is 11.0. The van der Waals surface area contributed by atoms with Gasteiger partial charge in [-0.1, -0.05) is 12.8 Å². The van der Waals surface area contributed by atoms with E-state index < -0.39 is 0 Å². The van der Waals surface area contributed by atoms with E-state index >= 15 is 0 Å². The van der Waals surface area contributed by atoms with E-state index in [2.05, 4.69) is 15.3 Å². The molecule has 0 aromatic carbocycles. The molecule has 1 fully saturated rings. The van der Waals surface area contributed by atoms with Crippen molar-refractivity contribution in [2.75, 3.05) is 19.0 Å². The number of aromatic nitrogens is 2. The summed E-state index contributed by atoms with van der Waals surface area (Å²) < 4.78 is 0. The normalized spacial score (nSPS) is 15.7. The standard InChI is InChI=1S/C13H20N4O/c1-17(2)13-14-8-7-11(16-13)9-15-12(18)10-5-3-4-6-10/h7-8,10H,3-6,9H2,1-2H3,(H,15,18). The second-order valence-electron chi connectivity index (χ2n) is 4.94. The highest BCUT2D eigenvalue weighted by Gasteiger charge is 2.22. The van der Waals surface area contributed by atoms with Crippen molar-refractivity contribution in [3.05, 3.63) is 18.0 Å². The lowest BCUT2D eigenvalue weighted by Crippen LogP contribution is -2.29. The molecule has 1 aromatic heterocycles. The third-order valence-electron chi connectivity index (χ3n) is 3.27. The fraction of sp³-hybridized carbons (Fsp3) is 0.615. The first-order chi connectivity index (χ1) is 8.66. The zero-order chi connectivity index (χ0) is 13.0. The molecule has 98 valence electrons. The fourth-order valence-corrected chi connectivity index (χ4v) is 2.21. The summed E-state index contributed by atoms with van der Waals surface area (Å²) >= 11 is 0. The lowest BCUT2D eigenvalue weighted by molar-refractivity contribution is -0.124. The Hall–Kier alpha value is -1.65. The number of rotatable bonds is 4. The van der Waals surface area contributed by atoms with Crippen LogP contribution in [-0.4, -0.2) is 30.0 Å². The maximum absolute atomic E-state index is 11.9. The van der Waals surface area contributed by atoms with Crippen LogP contribution in [0.25, 0.3) is 0 Å². The van der Waals surface area contributed by atoms with Gasteiger partial charge in [-0.3, -0.25) is 4.79 Å². The van der Waals surface area contributed by atoms with Crippen LogP contribution in [0.3, 0.4) is 0 Å². The van der Waals surface area contributed by atoms with E-state index in [4.69, 9.17) is 0 Å². The van der Waals surface area contributed by atoms with Crippen molar-refractivity contribution in [1.29, 1.82) is 0 Å². The summed E-state index contributed by atoms with van der Waals surface area (Å²) in [6, 6.07) is 1.84. The van der Waals surface area contributed by atoms with Gasteiger partial charge in [-0.2, -0.15) is 0 Å². The predicted octanol–water partition coefficient (Wildman–Crippen LogP) is 1.35. The number of carbonyl (C=O) groups is 1. The zero-order valence-corrected chi connectivity index (χ0v) is 11.0. The maximum Gasteiger partial charge on any atom is 0.225 e. The molecule has 1 heterocycles. The molecule has 0 aliphatic heterocycles. The van der Waals surface area contributed by atoms with Gasteiger partial charge < -0.3 is 10.2 Å². The average Bonchev–Trinajstić information content (AvgIpc) is 2.90. The monoisotopic (exact) mass is 248 g/mol. The summed E-state index contributed by atoms with van der Waals surface area (Å²) in [6.07, 6.45) is 6.13. The summed E-state index contributed by atoms with van der Waals surface area (Å²) in [5.41, 5.74) is 0.847. The molecule has 1 saturated carbocycles. The van der Waals surface area contributed by atoms with Gasteiger partial charge in [-0.25, -0.2) is 9.97 Å². The van der Waals surface area contributed by atoms with Gasteiger partial charge >= 0.3 is 0 Å². The smallest absolute Gasteiger partial charge is 0.225 e. The van der Waals surface area contributed by atoms with Gasteiger partial charge in [-0.05, 0) is 18.9 Å². The van der Waals surface area contributed by atoms with Crippen molar-refractivity contribution in [3.8, 4) is 0 Å². The first-order valence-corrected chi connectivity index (χ1v) is 6.44. The van der Waals surface area contributed by atoms with Crippen LogP contribution >= 0.6 is 0 Å². The van der Waals surface area contributed by atoms with Crippen molar-refractivity contribution in [2.45, 2.75) is 32.2 Å². The van der Waals surface area contributed by atoms with Gasteiger partial charge in [-0.15, -0.1) is 0 Å². The Kier molecular flexibility index (Phi) is 4.12. The number of hydrogen-bond donors (Lipinski definition) is 1. The van der Waals surface area contributed by atoms with Crippen LogP contribution in [0.4, 0.5) is 5.95 Å². The molecule has 1 amide bonds. The van der Waals surface area contributed by atoms with Crippen LogP contribution < -0.4 is 10.2 Å². The molecular weight excluding hydrogens is 228 g/mol. The van der Waals surface area contributed by atoms with E-state index in [1.54, 1.807) is 6.20 Å². The van der Waals surface area contributed by atoms with Gasteiger partial charge in [0, 0.05) is 26.2 Å². The highest BCUT2D eigenvalue weighted by Crippen LogP contribution is 2.24. The number of amides is 1. The molecule has 0 atom stereocenters. The first-order valence-electron chi connectivity index (χ1n) is 6.44. The lowest BCUT2D eigenvalue weighted by Gasteiger charge is -2.12. The van der Waals surface area contributed by atoms with E-state index in [-0.39, 0.29) is 11.8 Å². The summed E-state index contributed by atoms with van der Waals surface area (Å²) in [5.74, 6) is 1.04. The molecule has 1 N–H and O–H groups in total. The fourth-order valence-electron chi connectivity index (χ4n) is 2.21. The van der Waals surface area contributed by atoms with E-state index in [9.17, 15) is 4.79 Å². The summed E-state index contributed by atoms with van der Waals surface area (Å²) in [7, 11) is 3.80. The Bertz CT molecular complexity index is 413. The second kappa shape index (κ2) is 5.80. The minimum atomic E-state index is 0.164. The van der Waals surface area contributed by atoms with Crippen LogP contribution in [-0.2, 0) is 11.3 Å². The molecule has 5 nitrogen and oxygen atoms in total. The van der Waals surface area contributed by atoms with Gasteiger partial charge in [0.25, 0.3) is 0 Å². The number of anilines is 1. The topological polar surface area (TPSA) is 58.1 Å². The highest BCUT2D eigenvalue weighted by atomic mass is 16.1. The quantitative estimate of drug-likeness (QED) is 0.874. The molecule has 0 saturated heterocycles. The van der Waals surface area contributed by atoms with Crippen molar-refractivity contribution in [3.63, 3.8) is 0 Å². The minimum Gasteiger partial charge on any atom is -0.350 e. The average molecular weight is 248 g/mol. The highest BCUT2D eigenvalue weighted by molar-refractivity contribution is 5.78. The Balaban J connectivity index is 1.89. The summed E-state index contributed by atoms with van der Waals surface area (Å²) in [6.45, 7) is 0.485. The second-order valence-corrected chi connectivity index (χ2v) is 4.94. The predicted molar refractivity (Wildman–Crippen MR) is 70.2 cm³/mol. The van der Waals surface area contributed by atoms with Gasteiger partial charge in [0.15, 0.2) is 0 Å². The van der Waals surface area contributed by atoms with E-state index in [0.717, 1.165) is 18.5 Å². The van der Waals surface area contributed by atoms with Crippen LogP contribution in [0.1, 0.15) is 31.4 Å². The molecule has 5 heteroatoms. The molecule has 0 bridgehead atoms. The van der Waals surface area contributed by atoms with Crippen molar-refractivity contribution in [2.24, 2.45) is 5.92 Å². The Morgan fingerprint density at radius 1 is 1.44 bits per heavy atom. The first kappa shape index (κ1) is 12.8. The molecule has 0 spiro atoms. The molecule has 0 radical (unpaired) electrons. The number of nitrogens with one attached hydrogen (secondary N) is 1. The Morgan fingerprint density at radius 2 is 2.17 bits per heavy atom. The Morgan fingerprint density at radius 3 is 2.83 bits per heavy atom. The number of hydrogen-bond acceptors (Lipinski definition) is 4. The van der Waals surface area contributed by atoms with Crippen LogP contribution in [0.15, 0.2) is 12.3 Å². The van der Waals surface area contributed by atoms with E-state index in [1.807, 2.05) is 25.1 Å². The number of nitrogens with zero attached hydrogens (tertiary/aromatic N) is 3. The van der Waals surface area contributed by atoms with Gasteiger partial charge in [0.05, 0.1) is 12.2 Å². The molecule has 1 aliphatic rings. The van der Waals surface area contributed by atoms with Crippen molar-refractivity contribution >= 4 is 11.9 Å². The Labute approximate surface area is 108 Å². The molecular formula is C13H20N4O. The molecule has 18 heavy (non-hydrogen) atoms. The van der Waals surface area contributed by atoms with Gasteiger partial charge in [0.2, 0.25) is 11.9 Å². The maximum atomic E-state index is 11.9. The van der Waals surface area contributed by atoms with E-state index in [0.29, 0.717) is 12.5 Å². The van der Waals surface area contributed by atoms with Crippen LogP contribution in [0.2, 0.25) is 0 Å². The SMILES string of the molecule is CN(C)c1nccc(CNC(=O)C2CCCC2)n1. The third-order valence-corrected chi connectivity index (χ3v) is 3.27. The molecule has 0 unspecified atom stereocenters. The van der Waals surface area contributed by atoms with Crippen molar-refractivity contribution in [1.82, 2.24) is 15.3 Å². The number of carbonyl (C=O) groups excluding carboxylic acids is 1. The molecule has 1 aromatic rings. The molecule has 2 rings (SSSR count). The molecule has 1 aliphatic carbocycles. The van der Waals surface area contributed by atoms with Crippen LogP contribution in [0, 0.1) is 5.92 Å². The minimum absolute atomic E-state index is 0.164. The van der Waals surface area contributed by atoms with Gasteiger partial charge in [0.1, 0.15) is 0 Å². The van der Waals surface area contributed by atoms with Crippen LogP contribution in [0.5, 0.6) is 0 Å². The largest absolute Gasteiger partial charge is 0.350 e. The lowest BCUT2D eigenvalue weighted by atomic mass is 10.1. The third kappa shape index (κ3) is 3.18. The van der Waals surface area contributed by atoms with Crippen molar-refractivity contribution < 1.29 is 4.79 Å². The van der Waals surface area contributed by atoms with E-state index in [1.165, 1.54) is 12.8 Å².